The number of fused-ring (bicyclic) bond motifs is 2. The van der Waals surface area contributed by atoms with E-state index in [1.807, 2.05) is 6.92 Å². The Morgan fingerprint density at radius 2 is 1.46 bits per heavy atom. The van der Waals surface area contributed by atoms with Crippen LogP contribution in [0.1, 0.15) is 32.0 Å². The smallest absolute Gasteiger partial charge is 0.263 e. The molecule has 6 nitrogen and oxygen atoms in total. The topological polar surface area (TPSA) is 71.8 Å². The number of halogens is 4. The number of aryl methyl sites for hydroxylation is 1. The maximum Gasteiger partial charge on any atom is 0.263 e. The van der Waals surface area contributed by atoms with Gasteiger partial charge in [0.1, 0.15) is 5.65 Å². The predicted molar refractivity (Wildman–Crippen MR) is 107 cm³/mol. The van der Waals surface area contributed by atoms with Gasteiger partial charge in [-0.15, -0.1) is 0 Å². The number of carbonyl (C=O) groups is 2. The van der Waals surface area contributed by atoms with Gasteiger partial charge in [0, 0.05) is 12.3 Å². The average molecular weight is 457 g/mol. The lowest BCUT2D eigenvalue weighted by molar-refractivity contribution is 0.0640. The van der Waals surface area contributed by atoms with Gasteiger partial charge < -0.3 is 0 Å². The highest BCUT2D eigenvalue weighted by Crippen LogP contribution is 2.44. The van der Waals surface area contributed by atoms with Crippen molar-refractivity contribution in [3.8, 4) is 0 Å². The standard InChI is InChI=1S/C18H9Cl4N3O3/c1-7-2-3-9-23-8(4-10(26)24(9)5-7)6-25-17(27)11-12(18(25)28)14(20)16(22)15(21)13(11)19/h2-5H,6H2,1H3. The highest BCUT2D eigenvalue weighted by molar-refractivity contribution is 6.55. The number of hydrogen-bond donors (Lipinski definition) is 0. The van der Waals surface area contributed by atoms with E-state index in [9.17, 15) is 14.4 Å². The largest absolute Gasteiger partial charge is 0.269 e. The van der Waals surface area contributed by atoms with Crippen LogP contribution in [0, 0.1) is 6.92 Å². The second-order valence-corrected chi connectivity index (χ2v) is 7.73. The first-order valence-corrected chi connectivity index (χ1v) is 9.43. The fourth-order valence-electron chi connectivity index (χ4n) is 3.04. The third-order valence-electron chi connectivity index (χ3n) is 4.37. The van der Waals surface area contributed by atoms with Gasteiger partial charge in [-0.1, -0.05) is 52.5 Å². The maximum absolute atomic E-state index is 12.8. The minimum Gasteiger partial charge on any atom is -0.269 e. The van der Waals surface area contributed by atoms with E-state index in [0.717, 1.165) is 10.5 Å². The zero-order chi connectivity index (χ0) is 20.3. The number of imide groups is 1. The van der Waals surface area contributed by atoms with Crippen LogP contribution in [-0.4, -0.2) is 26.1 Å². The fourth-order valence-corrected chi connectivity index (χ4v) is 4.05. The quantitative estimate of drug-likeness (QED) is 0.325. The van der Waals surface area contributed by atoms with Gasteiger partial charge in [-0.05, 0) is 18.6 Å². The molecule has 0 bridgehead atoms. The van der Waals surface area contributed by atoms with Crippen LogP contribution in [0.5, 0.6) is 0 Å². The van der Waals surface area contributed by atoms with Crippen LogP contribution in [0.4, 0.5) is 0 Å². The van der Waals surface area contributed by atoms with Gasteiger partial charge in [0.25, 0.3) is 17.4 Å². The average Bonchev–Trinajstić information content (AvgIpc) is 2.90. The van der Waals surface area contributed by atoms with E-state index in [1.165, 1.54) is 10.5 Å². The van der Waals surface area contributed by atoms with Crippen molar-refractivity contribution in [2.45, 2.75) is 13.5 Å². The minimum absolute atomic E-state index is 0.104. The van der Waals surface area contributed by atoms with Crippen molar-refractivity contribution in [1.82, 2.24) is 14.3 Å². The third kappa shape index (κ3) is 2.79. The molecule has 1 aliphatic rings. The molecule has 28 heavy (non-hydrogen) atoms. The molecule has 0 spiro atoms. The number of benzene rings is 1. The van der Waals surface area contributed by atoms with E-state index < -0.39 is 11.8 Å². The van der Waals surface area contributed by atoms with E-state index in [4.69, 9.17) is 46.4 Å². The highest BCUT2D eigenvalue weighted by Gasteiger charge is 2.41. The molecule has 0 radical (unpaired) electrons. The molecule has 4 rings (SSSR count). The van der Waals surface area contributed by atoms with Gasteiger partial charge in [0.05, 0.1) is 43.5 Å². The summed E-state index contributed by atoms with van der Waals surface area (Å²) in [6.45, 7) is 1.62. The number of carbonyl (C=O) groups excluding carboxylic acids is 2. The van der Waals surface area contributed by atoms with Crippen molar-refractivity contribution in [2.75, 3.05) is 0 Å². The summed E-state index contributed by atoms with van der Waals surface area (Å²) in [4.78, 5) is 43.2. The van der Waals surface area contributed by atoms with Crippen molar-refractivity contribution in [3.63, 3.8) is 0 Å². The number of pyridine rings is 1. The molecule has 0 aliphatic carbocycles. The summed E-state index contributed by atoms with van der Waals surface area (Å²) in [5, 5.41) is -0.497. The summed E-state index contributed by atoms with van der Waals surface area (Å²) < 4.78 is 1.38. The third-order valence-corrected chi connectivity index (χ3v) is 6.17. The zero-order valence-electron chi connectivity index (χ0n) is 14.1. The molecule has 3 aromatic rings. The molecule has 2 amide bonds. The van der Waals surface area contributed by atoms with Crippen LogP contribution in [0.3, 0.4) is 0 Å². The Morgan fingerprint density at radius 1 is 0.893 bits per heavy atom. The van der Waals surface area contributed by atoms with Crippen LogP contribution >= 0.6 is 46.4 Å². The molecule has 0 saturated carbocycles. The molecule has 10 heteroatoms. The maximum atomic E-state index is 12.8. The van der Waals surface area contributed by atoms with Crippen molar-refractivity contribution < 1.29 is 9.59 Å². The van der Waals surface area contributed by atoms with Gasteiger partial charge in [-0.2, -0.15) is 0 Å². The molecular weight excluding hydrogens is 448 g/mol. The number of hydrogen-bond acceptors (Lipinski definition) is 4. The summed E-state index contributed by atoms with van der Waals surface area (Å²) >= 11 is 24.2. The SMILES string of the molecule is Cc1ccc2nc(CN3C(=O)c4c(Cl)c(Cl)c(Cl)c(Cl)c4C3=O)cc(=O)n2c1. The van der Waals surface area contributed by atoms with E-state index in [0.29, 0.717) is 5.65 Å². The lowest BCUT2D eigenvalue weighted by Crippen LogP contribution is -2.30. The summed E-state index contributed by atoms with van der Waals surface area (Å²) in [5.74, 6) is -1.37. The lowest BCUT2D eigenvalue weighted by Gasteiger charge is -2.13. The Labute approximate surface area is 178 Å². The summed E-state index contributed by atoms with van der Waals surface area (Å²) in [5.41, 5.74) is 0.975. The highest BCUT2D eigenvalue weighted by atomic mass is 35.5. The molecule has 0 atom stereocenters. The Hall–Kier alpha value is -2.12. The summed E-state index contributed by atoms with van der Waals surface area (Å²) in [7, 11) is 0. The van der Waals surface area contributed by atoms with Crippen LogP contribution in [0.15, 0.2) is 29.2 Å². The second kappa shape index (κ2) is 6.74. The van der Waals surface area contributed by atoms with Crippen LogP contribution in [0.2, 0.25) is 20.1 Å². The van der Waals surface area contributed by atoms with Gasteiger partial charge >= 0.3 is 0 Å². The monoisotopic (exact) mass is 455 g/mol. The molecule has 2 aromatic heterocycles. The fraction of sp³-hybridized carbons (Fsp3) is 0.111. The number of nitrogens with zero attached hydrogens (tertiary/aromatic N) is 3. The zero-order valence-corrected chi connectivity index (χ0v) is 17.1. The molecule has 142 valence electrons. The normalized spacial score (nSPS) is 13.5. The van der Waals surface area contributed by atoms with E-state index >= 15 is 0 Å². The van der Waals surface area contributed by atoms with E-state index in [-0.39, 0.29) is 49.0 Å². The summed E-state index contributed by atoms with van der Waals surface area (Å²) in [6.07, 6.45) is 1.65. The molecule has 0 unspecified atom stereocenters. The van der Waals surface area contributed by atoms with E-state index in [1.54, 1.807) is 18.3 Å². The minimum atomic E-state index is -0.684. The van der Waals surface area contributed by atoms with Crippen molar-refractivity contribution in [3.05, 3.63) is 77.2 Å². The predicted octanol–water partition coefficient (Wildman–Crippen LogP) is 4.41. The molecule has 3 heterocycles. The van der Waals surface area contributed by atoms with Gasteiger partial charge in [-0.25, -0.2) is 4.98 Å². The first-order chi connectivity index (χ1) is 13.2. The van der Waals surface area contributed by atoms with Gasteiger partial charge in [0.2, 0.25) is 0 Å². The van der Waals surface area contributed by atoms with Crippen LogP contribution in [-0.2, 0) is 6.54 Å². The molecule has 1 aromatic carbocycles. The summed E-state index contributed by atoms with van der Waals surface area (Å²) in [6, 6.07) is 4.74. The Balaban J connectivity index is 1.79. The van der Waals surface area contributed by atoms with Crippen LogP contribution < -0.4 is 5.56 Å². The van der Waals surface area contributed by atoms with Crippen molar-refractivity contribution in [1.29, 1.82) is 0 Å². The van der Waals surface area contributed by atoms with E-state index in [2.05, 4.69) is 4.98 Å². The first kappa shape index (κ1) is 19.2. The second-order valence-electron chi connectivity index (χ2n) is 6.22. The Kier molecular flexibility index (Phi) is 4.62. The Bertz CT molecular complexity index is 1220. The first-order valence-electron chi connectivity index (χ1n) is 7.91. The van der Waals surface area contributed by atoms with Crippen LogP contribution in [0.25, 0.3) is 5.65 Å². The molecule has 0 N–H and O–H groups in total. The van der Waals surface area contributed by atoms with Crippen molar-refractivity contribution >= 4 is 63.9 Å². The Morgan fingerprint density at radius 3 is 2.04 bits per heavy atom. The number of amides is 2. The molecule has 1 aliphatic heterocycles. The number of aromatic nitrogens is 2. The molecule has 0 saturated heterocycles. The molecular formula is C18H9Cl4N3O3. The van der Waals surface area contributed by atoms with Gasteiger partial charge in [-0.3, -0.25) is 23.7 Å². The lowest BCUT2D eigenvalue weighted by atomic mass is 10.1. The number of rotatable bonds is 2. The van der Waals surface area contributed by atoms with Gasteiger partial charge in [0.15, 0.2) is 0 Å². The van der Waals surface area contributed by atoms with Crippen molar-refractivity contribution in [2.24, 2.45) is 0 Å². The molecule has 0 fully saturated rings.